The van der Waals surface area contributed by atoms with E-state index in [0.29, 0.717) is 13.2 Å². The number of ether oxygens (including phenoxy) is 1. The molecule has 0 radical (unpaired) electrons. The molecule has 0 amide bonds. The fourth-order valence-electron chi connectivity index (χ4n) is 3.49. The van der Waals surface area contributed by atoms with E-state index in [2.05, 4.69) is 22.0 Å². The SMILES string of the molecule is O=C(O)c1cn2c(n1)C(c1ccccc1)N(CCOc1ccccc1)CC2. The third-order valence-electron chi connectivity index (χ3n) is 4.77. The van der Waals surface area contributed by atoms with Crippen LogP contribution < -0.4 is 4.74 Å². The van der Waals surface area contributed by atoms with Gasteiger partial charge in [-0.3, -0.25) is 4.90 Å². The third-order valence-corrected chi connectivity index (χ3v) is 4.77. The second kappa shape index (κ2) is 7.63. The molecule has 0 aliphatic carbocycles. The molecule has 138 valence electrons. The Morgan fingerprint density at radius 1 is 1.07 bits per heavy atom. The minimum Gasteiger partial charge on any atom is -0.492 e. The summed E-state index contributed by atoms with van der Waals surface area (Å²) in [6, 6.07) is 19.7. The van der Waals surface area contributed by atoms with E-state index < -0.39 is 5.97 Å². The molecule has 1 aromatic heterocycles. The Kier molecular flexibility index (Phi) is 4.89. The molecule has 1 aliphatic heterocycles. The fraction of sp³-hybridized carbons (Fsp3) is 0.238. The molecule has 0 spiro atoms. The Hall–Kier alpha value is -3.12. The number of para-hydroxylation sites is 1. The highest BCUT2D eigenvalue weighted by atomic mass is 16.5. The molecule has 2 heterocycles. The van der Waals surface area contributed by atoms with E-state index in [-0.39, 0.29) is 11.7 Å². The van der Waals surface area contributed by atoms with Gasteiger partial charge < -0.3 is 14.4 Å². The molecule has 0 bridgehead atoms. The number of aromatic carboxylic acids is 1. The van der Waals surface area contributed by atoms with Crippen molar-refractivity contribution in [1.82, 2.24) is 14.5 Å². The molecule has 4 rings (SSSR count). The molecule has 0 saturated heterocycles. The zero-order valence-corrected chi connectivity index (χ0v) is 14.9. The number of carbonyl (C=O) groups is 1. The third kappa shape index (κ3) is 3.71. The van der Waals surface area contributed by atoms with Gasteiger partial charge in [0.2, 0.25) is 0 Å². The van der Waals surface area contributed by atoms with E-state index in [4.69, 9.17) is 4.74 Å². The summed E-state index contributed by atoms with van der Waals surface area (Å²) < 4.78 is 7.82. The van der Waals surface area contributed by atoms with Crippen LogP contribution in [0.15, 0.2) is 66.9 Å². The maximum atomic E-state index is 11.4. The van der Waals surface area contributed by atoms with E-state index in [1.54, 1.807) is 6.20 Å². The molecule has 1 atom stereocenters. The lowest BCUT2D eigenvalue weighted by molar-refractivity contribution is 0.0690. The van der Waals surface area contributed by atoms with E-state index in [0.717, 1.165) is 30.2 Å². The van der Waals surface area contributed by atoms with Gasteiger partial charge in [-0.1, -0.05) is 48.5 Å². The van der Waals surface area contributed by atoms with Crippen molar-refractivity contribution in [3.63, 3.8) is 0 Å². The van der Waals surface area contributed by atoms with E-state index in [1.807, 2.05) is 53.1 Å². The van der Waals surface area contributed by atoms with Gasteiger partial charge in [0.05, 0.1) is 6.04 Å². The van der Waals surface area contributed by atoms with Crippen molar-refractivity contribution in [3.05, 3.63) is 83.9 Å². The maximum absolute atomic E-state index is 11.4. The Bertz CT molecular complexity index is 909. The highest BCUT2D eigenvalue weighted by Crippen LogP contribution is 2.31. The average Bonchev–Trinajstić information content (AvgIpc) is 3.14. The average molecular weight is 363 g/mol. The van der Waals surface area contributed by atoms with Gasteiger partial charge in [0.15, 0.2) is 5.69 Å². The number of hydrogen-bond donors (Lipinski definition) is 1. The number of hydrogen-bond acceptors (Lipinski definition) is 4. The quantitative estimate of drug-likeness (QED) is 0.729. The summed E-state index contributed by atoms with van der Waals surface area (Å²) in [5.74, 6) is 0.618. The normalized spacial score (nSPS) is 16.7. The standard InChI is InChI=1S/C21H21N3O3/c25-21(26)18-15-24-12-11-23(13-14-27-17-9-5-2-6-10-17)19(20(24)22-18)16-7-3-1-4-8-16/h1-10,15,19H,11-14H2,(H,25,26). The molecule has 1 unspecified atom stereocenters. The second-order valence-corrected chi connectivity index (χ2v) is 6.49. The molecule has 27 heavy (non-hydrogen) atoms. The van der Waals surface area contributed by atoms with Crippen molar-refractivity contribution in [2.45, 2.75) is 12.6 Å². The van der Waals surface area contributed by atoms with Crippen LogP contribution >= 0.6 is 0 Å². The zero-order chi connectivity index (χ0) is 18.6. The Balaban J connectivity index is 1.57. The predicted molar refractivity (Wildman–Crippen MR) is 101 cm³/mol. The Labute approximate surface area is 157 Å². The molecule has 6 heteroatoms. The summed E-state index contributed by atoms with van der Waals surface area (Å²) in [6.45, 7) is 2.80. The first-order chi connectivity index (χ1) is 13.2. The molecule has 0 saturated carbocycles. The van der Waals surface area contributed by atoms with E-state index in [1.165, 1.54) is 0 Å². The van der Waals surface area contributed by atoms with Crippen molar-refractivity contribution >= 4 is 5.97 Å². The van der Waals surface area contributed by atoms with Crippen LogP contribution in [0, 0.1) is 0 Å². The van der Waals surface area contributed by atoms with Crippen LogP contribution in [0.3, 0.4) is 0 Å². The second-order valence-electron chi connectivity index (χ2n) is 6.49. The number of fused-ring (bicyclic) bond motifs is 1. The van der Waals surface area contributed by atoms with Crippen molar-refractivity contribution in [3.8, 4) is 5.75 Å². The van der Waals surface area contributed by atoms with Gasteiger partial charge in [0, 0.05) is 25.8 Å². The molecular weight excluding hydrogens is 342 g/mol. The largest absolute Gasteiger partial charge is 0.492 e. The van der Waals surface area contributed by atoms with Crippen LogP contribution in [-0.2, 0) is 6.54 Å². The van der Waals surface area contributed by atoms with Crippen molar-refractivity contribution in [2.24, 2.45) is 0 Å². The van der Waals surface area contributed by atoms with Crippen LogP contribution in [0.4, 0.5) is 0 Å². The lowest BCUT2D eigenvalue weighted by Crippen LogP contribution is -2.41. The highest BCUT2D eigenvalue weighted by Gasteiger charge is 2.31. The van der Waals surface area contributed by atoms with Crippen LogP contribution in [0.2, 0.25) is 0 Å². The number of imidazole rings is 1. The van der Waals surface area contributed by atoms with Gasteiger partial charge in [0.1, 0.15) is 18.2 Å². The Morgan fingerprint density at radius 3 is 2.48 bits per heavy atom. The van der Waals surface area contributed by atoms with Crippen LogP contribution in [0.25, 0.3) is 0 Å². The van der Waals surface area contributed by atoms with Gasteiger partial charge in [0.25, 0.3) is 0 Å². The lowest BCUT2D eigenvalue weighted by atomic mass is 10.0. The topological polar surface area (TPSA) is 67.6 Å². The van der Waals surface area contributed by atoms with Gasteiger partial charge in [-0.2, -0.15) is 0 Å². The molecular formula is C21H21N3O3. The molecule has 6 nitrogen and oxygen atoms in total. The van der Waals surface area contributed by atoms with E-state index >= 15 is 0 Å². The lowest BCUT2D eigenvalue weighted by Gasteiger charge is -2.36. The van der Waals surface area contributed by atoms with Crippen LogP contribution in [0.5, 0.6) is 5.75 Å². The van der Waals surface area contributed by atoms with Crippen LogP contribution in [0.1, 0.15) is 27.9 Å². The monoisotopic (exact) mass is 363 g/mol. The smallest absolute Gasteiger partial charge is 0.356 e. The van der Waals surface area contributed by atoms with E-state index in [9.17, 15) is 9.90 Å². The molecule has 1 aliphatic rings. The summed E-state index contributed by atoms with van der Waals surface area (Å²) >= 11 is 0. The molecule has 1 N–H and O–H groups in total. The van der Waals surface area contributed by atoms with Crippen LogP contribution in [-0.4, -0.2) is 45.2 Å². The van der Waals surface area contributed by atoms with Gasteiger partial charge in [-0.05, 0) is 17.7 Å². The van der Waals surface area contributed by atoms with Crippen molar-refractivity contribution in [2.75, 3.05) is 19.7 Å². The number of carboxylic acid groups (broad SMARTS) is 1. The number of aromatic nitrogens is 2. The number of benzene rings is 2. The Morgan fingerprint density at radius 2 is 1.78 bits per heavy atom. The van der Waals surface area contributed by atoms with Gasteiger partial charge in [-0.15, -0.1) is 0 Å². The number of carboxylic acids is 1. The fourth-order valence-corrected chi connectivity index (χ4v) is 3.49. The summed E-state index contributed by atoms with van der Waals surface area (Å²) in [5, 5.41) is 9.31. The minimum atomic E-state index is -0.998. The molecule has 0 fully saturated rings. The van der Waals surface area contributed by atoms with Gasteiger partial charge >= 0.3 is 5.97 Å². The zero-order valence-electron chi connectivity index (χ0n) is 14.9. The summed E-state index contributed by atoms with van der Waals surface area (Å²) in [5.41, 5.74) is 1.19. The first kappa shape index (κ1) is 17.3. The van der Waals surface area contributed by atoms with Gasteiger partial charge in [-0.25, -0.2) is 9.78 Å². The molecule has 3 aromatic rings. The molecule has 2 aromatic carbocycles. The predicted octanol–water partition coefficient (Wildman–Crippen LogP) is 3.07. The highest BCUT2D eigenvalue weighted by molar-refractivity contribution is 5.85. The summed E-state index contributed by atoms with van der Waals surface area (Å²) in [7, 11) is 0. The first-order valence-electron chi connectivity index (χ1n) is 8.99. The van der Waals surface area contributed by atoms with Crippen molar-refractivity contribution in [1.29, 1.82) is 0 Å². The minimum absolute atomic E-state index is 0.0903. The maximum Gasteiger partial charge on any atom is 0.356 e. The first-order valence-corrected chi connectivity index (χ1v) is 8.99. The summed E-state index contributed by atoms with van der Waals surface area (Å²) in [6.07, 6.45) is 1.63. The summed E-state index contributed by atoms with van der Waals surface area (Å²) in [4.78, 5) is 18.1. The van der Waals surface area contributed by atoms with Crippen molar-refractivity contribution < 1.29 is 14.6 Å². The number of nitrogens with zero attached hydrogens (tertiary/aromatic N) is 3. The number of rotatable bonds is 6.